The van der Waals surface area contributed by atoms with Gasteiger partial charge in [0.2, 0.25) is 11.8 Å². The summed E-state index contributed by atoms with van der Waals surface area (Å²) in [6.07, 6.45) is 3.60. The molecule has 2 aliphatic rings. The molecule has 18 heavy (non-hydrogen) atoms. The molecule has 0 bridgehead atoms. The molecule has 1 saturated heterocycles. The standard InChI is InChI=1S/C14H23N2O2/c1-10-5-6-11-12(9-10)14(18)15(13(11)17)7-8-16(2,3)4/h5,11-12H,6-9H2,1-4H3/q+1. The summed E-state index contributed by atoms with van der Waals surface area (Å²) in [5.41, 5.74) is 1.24. The number of hydrogen-bond acceptors (Lipinski definition) is 2. The van der Waals surface area contributed by atoms with Gasteiger partial charge in [-0.2, -0.15) is 0 Å². The number of imide groups is 1. The van der Waals surface area contributed by atoms with E-state index in [1.165, 1.54) is 10.5 Å². The molecule has 4 nitrogen and oxygen atoms in total. The Morgan fingerprint density at radius 3 is 2.44 bits per heavy atom. The van der Waals surface area contributed by atoms with Crippen molar-refractivity contribution in [1.29, 1.82) is 0 Å². The maximum absolute atomic E-state index is 12.3. The van der Waals surface area contributed by atoms with Crippen LogP contribution in [0.3, 0.4) is 0 Å². The SMILES string of the molecule is CC1=CCC2C(=O)N(CC[N+](C)(C)C)C(=O)C2C1. The Balaban J connectivity index is 2.07. The molecule has 4 heteroatoms. The second-order valence-electron chi connectivity index (χ2n) is 6.55. The number of likely N-dealkylation sites (tertiary alicyclic amines) is 1. The maximum Gasteiger partial charge on any atom is 0.233 e. The van der Waals surface area contributed by atoms with Gasteiger partial charge in [-0.3, -0.25) is 14.5 Å². The summed E-state index contributed by atoms with van der Waals surface area (Å²) in [5.74, 6) is -0.0864. The van der Waals surface area contributed by atoms with Crippen LogP contribution in [0.1, 0.15) is 19.8 Å². The first-order valence-corrected chi connectivity index (χ1v) is 6.61. The van der Waals surface area contributed by atoms with E-state index in [0.29, 0.717) is 6.54 Å². The molecule has 0 aromatic heterocycles. The molecule has 0 saturated carbocycles. The molecule has 0 N–H and O–H groups in total. The van der Waals surface area contributed by atoms with Gasteiger partial charge in [0.25, 0.3) is 0 Å². The van der Waals surface area contributed by atoms with E-state index >= 15 is 0 Å². The fraction of sp³-hybridized carbons (Fsp3) is 0.714. The Hall–Kier alpha value is -1.16. The zero-order chi connectivity index (χ0) is 13.5. The third-order valence-corrected chi connectivity index (χ3v) is 3.91. The van der Waals surface area contributed by atoms with Gasteiger partial charge in [0, 0.05) is 0 Å². The summed E-state index contributed by atoms with van der Waals surface area (Å²) in [6.45, 7) is 3.40. The normalized spacial score (nSPS) is 28.4. The molecule has 0 spiro atoms. The molecule has 1 heterocycles. The van der Waals surface area contributed by atoms with Crippen LogP contribution < -0.4 is 0 Å². The Morgan fingerprint density at radius 1 is 1.22 bits per heavy atom. The topological polar surface area (TPSA) is 37.4 Å². The molecule has 2 atom stereocenters. The van der Waals surface area contributed by atoms with Crippen molar-refractivity contribution in [1.82, 2.24) is 4.90 Å². The summed E-state index contributed by atoms with van der Waals surface area (Å²) in [7, 11) is 6.22. The smallest absolute Gasteiger partial charge is 0.233 e. The Bertz CT molecular complexity index is 407. The molecule has 1 fully saturated rings. The first-order valence-electron chi connectivity index (χ1n) is 6.61. The summed E-state index contributed by atoms with van der Waals surface area (Å²) in [6, 6.07) is 0. The third kappa shape index (κ3) is 2.48. The molecule has 1 aliphatic carbocycles. The highest BCUT2D eigenvalue weighted by Crippen LogP contribution is 2.37. The molecule has 1 aliphatic heterocycles. The number of rotatable bonds is 3. The first-order chi connectivity index (χ1) is 8.29. The number of fused-ring (bicyclic) bond motifs is 1. The van der Waals surface area contributed by atoms with Gasteiger partial charge in [-0.1, -0.05) is 11.6 Å². The molecule has 0 radical (unpaired) electrons. The number of hydrogen-bond donors (Lipinski definition) is 0. The summed E-state index contributed by atoms with van der Waals surface area (Å²) in [5, 5.41) is 0. The number of quaternary nitrogens is 1. The average Bonchev–Trinajstić information content (AvgIpc) is 2.48. The van der Waals surface area contributed by atoms with E-state index in [0.717, 1.165) is 23.9 Å². The van der Waals surface area contributed by atoms with Crippen molar-refractivity contribution >= 4 is 11.8 Å². The van der Waals surface area contributed by atoms with Crippen LogP contribution in [-0.4, -0.2) is 55.4 Å². The predicted molar refractivity (Wildman–Crippen MR) is 69.6 cm³/mol. The molecule has 100 valence electrons. The van der Waals surface area contributed by atoms with E-state index in [4.69, 9.17) is 0 Å². The summed E-state index contributed by atoms with van der Waals surface area (Å²) in [4.78, 5) is 26.0. The van der Waals surface area contributed by atoms with Crippen LogP contribution in [0.5, 0.6) is 0 Å². The van der Waals surface area contributed by atoms with Crippen molar-refractivity contribution in [3.63, 3.8) is 0 Å². The number of nitrogens with zero attached hydrogens (tertiary/aromatic N) is 2. The second kappa shape index (κ2) is 4.50. The third-order valence-electron chi connectivity index (χ3n) is 3.91. The average molecular weight is 251 g/mol. The Kier molecular flexibility index (Phi) is 3.32. The van der Waals surface area contributed by atoms with Crippen LogP contribution in [0, 0.1) is 11.8 Å². The van der Waals surface area contributed by atoms with E-state index in [1.807, 2.05) is 6.92 Å². The number of amides is 2. The zero-order valence-corrected chi connectivity index (χ0v) is 11.8. The molecule has 0 aromatic carbocycles. The highest BCUT2D eigenvalue weighted by atomic mass is 16.2. The quantitative estimate of drug-likeness (QED) is 0.427. The lowest BCUT2D eigenvalue weighted by Crippen LogP contribution is -2.44. The lowest BCUT2D eigenvalue weighted by atomic mass is 9.82. The van der Waals surface area contributed by atoms with Gasteiger partial charge in [-0.25, -0.2) is 0 Å². The van der Waals surface area contributed by atoms with Crippen LogP contribution in [0.25, 0.3) is 0 Å². The van der Waals surface area contributed by atoms with Gasteiger partial charge in [-0.05, 0) is 19.8 Å². The van der Waals surface area contributed by atoms with Crippen molar-refractivity contribution in [2.75, 3.05) is 34.2 Å². The van der Waals surface area contributed by atoms with Crippen LogP contribution in [0.4, 0.5) is 0 Å². The Morgan fingerprint density at radius 2 is 1.83 bits per heavy atom. The van der Waals surface area contributed by atoms with Gasteiger partial charge in [0.1, 0.15) is 0 Å². The van der Waals surface area contributed by atoms with Gasteiger partial charge in [0.15, 0.2) is 0 Å². The second-order valence-corrected chi connectivity index (χ2v) is 6.55. The number of carbonyl (C=O) groups excluding carboxylic acids is 2. The minimum Gasteiger partial charge on any atom is -0.329 e. The van der Waals surface area contributed by atoms with E-state index < -0.39 is 0 Å². The number of carbonyl (C=O) groups is 2. The lowest BCUT2D eigenvalue weighted by Gasteiger charge is -2.26. The summed E-state index contributed by atoms with van der Waals surface area (Å²) >= 11 is 0. The van der Waals surface area contributed by atoms with E-state index in [1.54, 1.807) is 0 Å². The molecular formula is C14H23N2O2+. The monoisotopic (exact) mass is 251 g/mol. The number of likely N-dealkylation sites (N-methyl/N-ethyl adjacent to an activating group) is 1. The highest BCUT2D eigenvalue weighted by molar-refractivity contribution is 6.05. The molecular weight excluding hydrogens is 228 g/mol. The van der Waals surface area contributed by atoms with Crippen LogP contribution in [-0.2, 0) is 9.59 Å². The van der Waals surface area contributed by atoms with Crippen molar-refractivity contribution < 1.29 is 14.1 Å². The minimum atomic E-state index is -0.0892. The predicted octanol–water partition coefficient (Wildman–Crippen LogP) is 1.03. The molecule has 0 aromatic rings. The highest BCUT2D eigenvalue weighted by Gasteiger charge is 2.48. The van der Waals surface area contributed by atoms with Crippen molar-refractivity contribution in [2.45, 2.75) is 19.8 Å². The molecule has 2 unspecified atom stereocenters. The maximum atomic E-state index is 12.3. The van der Waals surface area contributed by atoms with Gasteiger partial charge < -0.3 is 4.48 Å². The Labute approximate surface area is 109 Å². The van der Waals surface area contributed by atoms with Crippen LogP contribution in [0.2, 0.25) is 0 Å². The van der Waals surface area contributed by atoms with Gasteiger partial charge >= 0.3 is 0 Å². The van der Waals surface area contributed by atoms with Crippen molar-refractivity contribution in [2.24, 2.45) is 11.8 Å². The van der Waals surface area contributed by atoms with Gasteiger partial charge in [-0.15, -0.1) is 0 Å². The van der Waals surface area contributed by atoms with Crippen LogP contribution in [0.15, 0.2) is 11.6 Å². The van der Waals surface area contributed by atoms with Crippen molar-refractivity contribution in [3.8, 4) is 0 Å². The fourth-order valence-corrected chi connectivity index (χ4v) is 2.73. The largest absolute Gasteiger partial charge is 0.329 e. The van der Waals surface area contributed by atoms with E-state index in [9.17, 15) is 9.59 Å². The minimum absolute atomic E-state index is 0.0437. The summed E-state index contributed by atoms with van der Waals surface area (Å²) < 4.78 is 0.768. The first kappa shape index (κ1) is 13.3. The van der Waals surface area contributed by atoms with Crippen molar-refractivity contribution in [3.05, 3.63) is 11.6 Å². The number of allylic oxidation sites excluding steroid dienone is 2. The van der Waals surface area contributed by atoms with Crippen LogP contribution >= 0.6 is 0 Å². The van der Waals surface area contributed by atoms with E-state index in [-0.39, 0.29) is 23.7 Å². The van der Waals surface area contributed by atoms with Gasteiger partial charge in [0.05, 0.1) is 46.1 Å². The van der Waals surface area contributed by atoms with E-state index in [2.05, 4.69) is 27.2 Å². The molecule has 2 amide bonds. The fourth-order valence-electron chi connectivity index (χ4n) is 2.73. The molecule has 2 rings (SSSR count). The zero-order valence-electron chi connectivity index (χ0n) is 11.8. The lowest BCUT2D eigenvalue weighted by molar-refractivity contribution is -0.869.